The number of aromatic nitrogens is 2. The zero-order chi connectivity index (χ0) is 15.2. The van der Waals surface area contributed by atoms with E-state index >= 15 is 0 Å². The molecule has 7 heteroatoms. The third-order valence-corrected chi connectivity index (χ3v) is 4.59. The first-order chi connectivity index (χ1) is 10.8. The fourth-order valence-electron chi connectivity index (χ4n) is 2.38. The van der Waals surface area contributed by atoms with Crippen molar-refractivity contribution in [1.82, 2.24) is 5.27 Å². The van der Waals surface area contributed by atoms with Crippen LogP contribution in [0.3, 0.4) is 0 Å². The van der Waals surface area contributed by atoms with Gasteiger partial charge < -0.3 is 15.0 Å². The van der Waals surface area contributed by atoms with Crippen LogP contribution in [0, 0.1) is 0 Å². The first-order valence-corrected chi connectivity index (χ1v) is 8.57. The van der Waals surface area contributed by atoms with E-state index in [9.17, 15) is 0 Å². The van der Waals surface area contributed by atoms with Crippen LogP contribution >= 0.6 is 11.8 Å². The van der Waals surface area contributed by atoms with Gasteiger partial charge >= 0.3 is 0 Å². The van der Waals surface area contributed by atoms with E-state index in [-0.39, 0.29) is 5.88 Å². The summed E-state index contributed by atoms with van der Waals surface area (Å²) in [5, 5.41) is 6.06. The molecule has 0 aliphatic carbocycles. The SMILES string of the molecule is [NH-]c1on[n+](N2CCOCC2)c1CCSCc1ccccc1. The molecule has 2 heterocycles. The second-order valence-corrected chi connectivity index (χ2v) is 6.20. The Balaban J connectivity index is 1.54. The van der Waals surface area contributed by atoms with Crippen LogP contribution in [0.4, 0.5) is 5.88 Å². The molecule has 1 aliphatic rings. The van der Waals surface area contributed by atoms with E-state index in [0.717, 1.165) is 36.7 Å². The molecule has 1 aromatic heterocycles. The van der Waals surface area contributed by atoms with E-state index in [0.29, 0.717) is 13.2 Å². The Morgan fingerprint density at radius 2 is 2.00 bits per heavy atom. The molecule has 6 nitrogen and oxygen atoms in total. The molecule has 3 rings (SSSR count). The highest BCUT2D eigenvalue weighted by Crippen LogP contribution is 2.18. The lowest BCUT2D eigenvalue weighted by Gasteiger charge is -2.20. The summed E-state index contributed by atoms with van der Waals surface area (Å²) in [5.74, 6) is 2.08. The average Bonchev–Trinajstić information content (AvgIpc) is 2.94. The molecular formula is C15H20N4O2S. The molecule has 0 unspecified atom stereocenters. The number of benzene rings is 1. The van der Waals surface area contributed by atoms with Gasteiger partial charge in [0.1, 0.15) is 5.88 Å². The second kappa shape index (κ2) is 7.51. The number of ether oxygens (including phenoxy) is 1. The maximum absolute atomic E-state index is 7.89. The fraction of sp³-hybridized carbons (Fsp3) is 0.467. The highest BCUT2D eigenvalue weighted by Gasteiger charge is 2.27. The minimum atomic E-state index is 0.159. The Labute approximate surface area is 134 Å². The minimum absolute atomic E-state index is 0.159. The molecule has 0 bridgehead atoms. The summed E-state index contributed by atoms with van der Waals surface area (Å²) in [4.78, 5) is 1.74. The van der Waals surface area contributed by atoms with Crippen molar-refractivity contribution in [1.29, 1.82) is 0 Å². The Kier molecular flexibility index (Phi) is 5.18. The van der Waals surface area contributed by atoms with E-state index in [4.69, 9.17) is 15.0 Å². The molecule has 2 aromatic rings. The summed E-state index contributed by atoms with van der Waals surface area (Å²) < 4.78 is 10.4. The van der Waals surface area contributed by atoms with Gasteiger partial charge in [-0.3, -0.25) is 0 Å². The number of rotatable bonds is 6. The van der Waals surface area contributed by atoms with E-state index in [2.05, 4.69) is 34.5 Å². The third-order valence-electron chi connectivity index (χ3n) is 3.56. The highest BCUT2D eigenvalue weighted by atomic mass is 32.2. The minimum Gasteiger partial charge on any atom is -0.660 e. The topological polar surface area (TPSA) is 66.2 Å². The molecule has 0 saturated carbocycles. The Bertz CT molecular complexity index is 584. The molecule has 118 valence electrons. The van der Waals surface area contributed by atoms with Crippen LogP contribution in [0.2, 0.25) is 0 Å². The van der Waals surface area contributed by atoms with Gasteiger partial charge in [0.2, 0.25) is 5.27 Å². The van der Waals surface area contributed by atoms with Crippen molar-refractivity contribution in [3.8, 4) is 0 Å². The summed E-state index contributed by atoms with van der Waals surface area (Å²) >= 11 is 1.86. The van der Waals surface area contributed by atoms with Gasteiger partial charge in [-0.1, -0.05) is 30.3 Å². The molecule has 1 aromatic carbocycles. The number of morpholine rings is 1. The van der Waals surface area contributed by atoms with Crippen molar-refractivity contribution >= 4 is 17.6 Å². The van der Waals surface area contributed by atoms with E-state index in [1.54, 1.807) is 4.79 Å². The molecule has 0 spiro atoms. The fourth-order valence-corrected chi connectivity index (χ4v) is 3.29. The normalized spacial score (nSPS) is 15.2. The Hall–Kier alpha value is -1.73. The maximum atomic E-state index is 7.89. The van der Waals surface area contributed by atoms with Gasteiger partial charge in [0.05, 0.1) is 31.1 Å². The second-order valence-electron chi connectivity index (χ2n) is 5.09. The summed E-state index contributed by atoms with van der Waals surface area (Å²) in [7, 11) is 0. The number of nitrogens with zero attached hydrogens (tertiary/aromatic N) is 3. The van der Waals surface area contributed by atoms with Crippen molar-refractivity contribution in [2.45, 2.75) is 12.2 Å². The smallest absolute Gasteiger partial charge is 0.269 e. The van der Waals surface area contributed by atoms with E-state index in [1.165, 1.54) is 5.56 Å². The van der Waals surface area contributed by atoms with Crippen molar-refractivity contribution in [3.05, 3.63) is 47.3 Å². The number of thioether (sulfide) groups is 1. The summed E-state index contributed by atoms with van der Waals surface area (Å²) in [6, 6.07) is 10.4. The molecule has 1 saturated heterocycles. The monoisotopic (exact) mass is 320 g/mol. The zero-order valence-corrected chi connectivity index (χ0v) is 13.2. The van der Waals surface area contributed by atoms with Gasteiger partial charge in [0.25, 0.3) is 5.69 Å². The Morgan fingerprint density at radius 1 is 1.23 bits per heavy atom. The molecule has 0 radical (unpaired) electrons. The molecule has 22 heavy (non-hydrogen) atoms. The standard InChI is InChI=1S/C15H20N4O2S/c16-15-14(6-11-22-12-13-4-2-1-3-5-13)19(17-21-15)18-7-9-20-10-8-18/h1-5,16H,6-12H2. The quantitative estimate of drug-likeness (QED) is 0.602. The van der Waals surface area contributed by atoms with E-state index < -0.39 is 0 Å². The summed E-state index contributed by atoms with van der Waals surface area (Å²) in [5.41, 5.74) is 10.1. The first kappa shape index (κ1) is 15.2. The van der Waals surface area contributed by atoms with Crippen LogP contribution in [-0.2, 0) is 16.9 Å². The number of hydrogen-bond acceptors (Lipinski definition) is 5. The van der Waals surface area contributed by atoms with Crippen LogP contribution < -0.4 is 9.80 Å². The van der Waals surface area contributed by atoms with Crippen molar-refractivity contribution in [2.24, 2.45) is 0 Å². The van der Waals surface area contributed by atoms with Gasteiger partial charge in [-0.2, -0.15) is 11.8 Å². The van der Waals surface area contributed by atoms with Crippen molar-refractivity contribution in [2.75, 3.05) is 37.1 Å². The van der Waals surface area contributed by atoms with Crippen LogP contribution in [-0.4, -0.2) is 37.3 Å². The molecule has 0 atom stereocenters. The van der Waals surface area contributed by atoms with Crippen LogP contribution in [0.15, 0.2) is 34.9 Å². The van der Waals surface area contributed by atoms with Crippen LogP contribution in [0.5, 0.6) is 0 Å². The summed E-state index contributed by atoms with van der Waals surface area (Å²) in [6.07, 6.45) is 0.775. The number of nitrogens with one attached hydrogen (secondary N) is 1. The lowest BCUT2D eigenvalue weighted by molar-refractivity contribution is -0.765. The molecule has 1 N–H and O–H groups in total. The molecule has 0 amide bonds. The molecule has 1 fully saturated rings. The van der Waals surface area contributed by atoms with Gasteiger partial charge in [0.15, 0.2) is 0 Å². The number of hydrogen-bond donors (Lipinski definition) is 0. The molecular weight excluding hydrogens is 300 g/mol. The third kappa shape index (κ3) is 3.72. The van der Waals surface area contributed by atoms with Gasteiger partial charge in [-0.05, 0) is 5.56 Å². The predicted molar refractivity (Wildman–Crippen MR) is 85.8 cm³/mol. The molecule has 1 aliphatic heterocycles. The summed E-state index contributed by atoms with van der Waals surface area (Å²) in [6.45, 7) is 2.94. The average molecular weight is 320 g/mol. The maximum Gasteiger partial charge on any atom is 0.269 e. The van der Waals surface area contributed by atoms with E-state index in [1.807, 2.05) is 17.8 Å². The van der Waals surface area contributed by atoms with Crippen molar-refractivity contribution in [3.63, 3.8) is 0 Å². The van der Waals surface area contributed by atoms with Crippen LogP contribution in [0.25, 0.3) is 5.73 Å². The lowest BCUT2D eigenvalue weighted by atomic mass is 10.2. The van der Waals surface area contributed by atoms with Gasteiger partial charge in [-0.25, -0.2) is 0 Å². The van der Waals surface area contributed by atoms with Gasteiger partial charge in [-0.15, -0.1) is 5.01 Å². The largest absolute Gasteiger partial charge is 0.660 e. The zero-order valence-electron chi connectivity index (χ0n) is 12.4. The van der Waals surface area contributed by atoms with Crippen molar-refractivity contribution < 1.29 is 14.1 Å². The first-order valence-electron chi connectivity index (χ1n) is 7.42. The lowest BCUT2D eigenvalue weighted by Crippen LogP contribution is -2.64. The highest BCUT2D eigenvalue weighted by molar-refractivity contribution is 7.98. The Morgan fingerprint density at radius 3 is 2.77 bits per heavy atom. The van der Waals surface area contributed by atoms with Gasteiger partial charge in [0, 0.05) is 17.9 Å². The predicted octanol–water partition coefficient (Wildman–Crippen LogP) is 2.09. The van der Waals surface area contributed by atoms with Crippen LogP contribution in [0.1, 0.15) is 11.3 Å².